The molecular weight excluding hydrogens is 416 g/mol. The van der Waals surface area contributed by atoms with Gasteiger partial charge < -0.3 is 14.8 Å². The van der Waals surface area contributed by atoms with Crippen molar-refractivity contribution in [2.24, 2.45) is 0 Å². The predicted octanol–water partition coefficient (Wildman–Crippen LogP) is 4.03. The third-order valence-corrected chi connectivity index (χ3v) is 5.15. The molecule has 30 heavy (non-hydrogen) atoms. The molecule has 1 amide bonds. The van der Waals surface area contributed by atoms with Crippen LogP contribution in [0.2, 0.25) is 0 Å². The summed E-state index contributed by atoms with van der Waals surface area (Å²) in [6.07, 6.45) is 0.760. The molecule has 1 heterocycles. The van der Waals surface area contributed by atoms with Gasteiger partial charge in [-0.2, -0.15) is 8.78 Å². The summed E-state index contributed by atoms with van der Waals surface area (Å²) in [5, 5.41) is 4.49. The molecule has 0 radical (unpaired) electrons. The molecule has 1 N–H and O–H groups in total. The van der Waals surface area contributed by atoms with Crippen molar-refractivity contribution in [3.63, 3.8) is 0 Å². The lowest BCUT2D eigenvalue weighted by Gasteiger charge is -2.12. The minimum Gasteiger partial charge on any atom is -0.493 e. The standard InChI is InChI=1S/C21H23F2NO5S/c1-28-17-8-4-14(13-18(17)29-21(22)23)10-11-24-20(27)9-6-15(25)5-7-16(26)19-3-2-12-30-19/h2-4,8,12-13,21H,5-7,9-11H2,1H3,(H,24,27). The molecule has 0 fully saturated rings. The maximum atomic E-state index is 12.5. The van der Waals surface area contributed by atoms with Gasteiger partial charge in [0.1, 0.15) is 5.78 Å². The second kappa shape index (κ2) is 12.0. The Balaban J connectivity index is 1.68. The molecule has 0 spiro atoms. The number of carbonyl (C=O) groups is 3. The van der Waals surface area contributed by atoms with E-state index in [0.29, 0.717) is 16.9 Å². The number of carbonyl (C=O) groups excluding carboxylic acids is 3. The second-order valence-corrected chi connectivity index (χ2v) is 7.35. The summed E-state index contributed by atoms with van der Waals surface area (Å²) >= 11 is 1.34. The van der Waals surface area contributed by atoms with Gasteiger partial charge in [-0.3, -0.25) is 14.4 Å². The maximum absolute atomic E-state index is 12.5. The van der Waals surface area contributed by atoms with Gasteiger partial charge in [-0.05, 0) is 35.6 Å². The molecule has 0 atom stereocenters. The van der Waals surface area contributed by atoms with Crippen molar-refractivity contribution in [2.45, 2.75) is 38.7 Å². The van der Waals surface area contributed by atoms with Gasteiger partial charge in [0.25, 0.3) is 0 Å². The number of ether oxygens (including phenoxy) is 2. The Morgan fingerprint density at radius 1 is 1.07 bits per heavy atom. The number of alkyl halides is 2. The highest BCUT2D eigenvalue weighted by Gasteiger charge is 2.13. The van der Waals surface area contributed by atoms with Crippen molar-refractivity contribution in [3.8, 4) is 11.5 Å². The first-order chi connectivity index (χ1) is 14.4. The largest absolute Gasteiger partial charge is 0.493 e. The summed E-state index contributed by atoms with van der Waals surface area (Å²) in [6.45, 7) is -2.68. The number of ketones is 2. The van der Waals surface area contributed by atoms with Crippen molar-refractivity contribution >= 4 is 28.8 Å². The normalized spacial score (nSPS) is 10.7. The van der Waals surface area contributed by atoms with Crippen molar-refractivity contribution in [3.05, 3.63) is 46.2 Å². The van der Waals surface area contributed by atoms with Gasteiger partial charge >= 0.3 is 6.61 Å². The number of hydrogen-bond donors (Lipinski definition) is 1. The Labute approximate surface area is 177 Å². The zero-order chi connectivity index (χ0) is 21.9. The number of hydrogen-bond acceptors (Lipinski definition) is 6. The van der Waals surface area contributed by atoms with Gasteiger partial charge in [-0.15, -0.1) is 11.3 Å². The third kappa shape index (κ3) is 7.90. The molecule has 0 saturated carbocycles. The molecule has 162 valence electrons. The zero-order valence-electron chi connectivity index (χ0n) is 16.5. The third-order valence-electron chi connectivity index (χ3n) is 4.24. The molecule has 1 aromatic carbocycles. The van der Waals surface area contributed by atoms with Crippen LogP contribution in [0.4, 0.5) is 8.78 Å². The average molecular weight is 439 g/mol. The van der Waals surface area contributed by atoms with Crippen LogP contribution in [0.25, 0.3) is 0 Å². The number of methoxy groups -OCH3 is 1. The summed E-state index contributed by atoms with van der Waals surface area (Å²) in [5.41, 5.74) is 0.690. The lowest BCUT2D eigenvalue weighted by Crippen LogP contribution is -2.26. The van der Waals surface area contributed by atoms with Gasteiger partial charge in [0, 0.05) is 32.2 Å². The molecule has 0 bridgehead atoms. The molecule has 0 unspecified atom stereocenters. The van der Waals surface area contributed by atoms with E-state index in [0.717, 1.165) is 0 Å². The highest BCUT2D eigenvalue weighted by atomic mass is 32.1. The van der Waals surface area contributed by atoms with Crippen LogP contribution in [0, 0.1) is 0 Å². The van der Waals surface area contributed by atoms with Gasteiger partial charge in [-0.25, -0.2) is 0 Å². The van der Waals surface area contributed by atoms with Crippen LogP contribution in [-0.2, 0) is 16.0 Å². The lowest BCUT2D eigenvalue weighted by molar-refractivity contribution is -0.125. The smallest absolute Gasteiger partial charge is 0.387 e. The fourth-order valence-electron chi connectivity index (χ4n) is 2.69. The SMILES string of the molecule is COc1ccc(CCNC(=O)CCC(=O)CCC(=O)c2cccs2)cc1OC(F)F. The molecule has 2 rings (SSSR count). The number of rotatable bonds is 13. The van der Waals surface area contributed by atoms with Crippen molar-refractivity contribution in [1.29, 1.82) is 0 Å². The molecule has 2 aromatic rings. The minimum absolute atomic E-state index is 0.0361. The molecule has 0 aliphatic rings. The summed E-state index contributed by atoms with van der Waals surface area (Å²) in [7, 11) is 1.35. The number of thiophene rings is 1. The van der Waals surface area contributed by atoms with Crippen molar-refractivity contribution in [2.75, 3.05) is 13.7 Å². The molecule has 9 heteroatoms. The number of amides is 1. The molecule has 0 saturated heterocycles. The van der Waals surface area contributed by atoms with Crippen LogP contribution in [0.1, 0.15) is 40.9 Å². The van der Waals surface area contributed by atoms with E-state index >= 15 is 0 Å². The number of benzene rings is 1. The van der Waals surface area contributed by atoms with Crippen molar-refractivity contribution in [1.82, 2.24) is 5.32 Å². The summed E-state index contributed by atoms with van der Waals surface area (Å²) in [5.74, 6) is -0.375. The number of halogens is 2. The van der Waals surface area contributed by atoms with Gasteiger partial charge in [0.2, 0.25) is 5.91 Å². The highest BCUT2D eigenvalue weighted by molar-refractivity contribution is 7.12. The molecule has 6 nitrogen and oxygen atoms in total. The van der Waals surface area contributed by atoms with E-state index in [9.17, 15) is 23.2 Å². The van der Waals surface area contributed by atoms with Crippen LogP contribution in [0.5, 0.6) is 11.5 Å². The van der Waals surface area contributed by atoms with Crippen molar-refractivity contribution < 1.29 is 32.6 Å². The van der Waals surface area contributed by atoms with Gasteiger partial charge in [0.05, 0.1) is 12.0 Å². The topological polar surface area (TPSA) is 81.7 Å². The molecular formula is C21H23F2NO5S. The Morgan fingerprint density at radius 3 is 2.50 bits per heavy atom. The zero-order valence-corrected chi connectivity index (χ0v) is 17.3. The Bertz CT molecular complexity index is 855. The Hall–Kier alpha value is -2.81. The summed E-state index contributed by atoms with van der Waals surface area (Å²) in [6, 6.07) is 8.15. The van der Waals surface area contributed by atoms with E-state index < -0.39 is 6.61 Å². The average Bonchev–Trinajstić information content (AvgIpc) is 3.25. The number of nitrogens with one attached hydrogen (secondary N) is 1. The first-order valence-corrected chi connectivity index (χ1v) is 10.2. The molecule has 1 aromatic heterocycles. The highest BCUT2D eigenvalue weighted by Crippen LogP contribution is 2.29. The van der Waals surface area contributed by atoms with E-state index in [2.05, 4.69) is 10.1 Å². The van der Waals surface area contributed by atoms with Gasteiger partial charge in [-0.1, -0.05) is 12.1 Å². The minimum atomic E-state index is -2.97. The predicted molar refractivity (Wildman–Crippen MR) is 108 cm³/mol. The van der Waals surface area contributed by atoms with Crippen LogP contribution < -0.4 is 14.8 Å². The first kappa shape index (κ1) is 23.5. The van der Waals surface area contributed by atoms with E-state index in [1.165, 1.54) is 30.6 Å². The van der Waals surface area contributed by atoms with E-state index in [-0.39, 0.29) is 61.2 Å². The second-order valence-electron chi connectivity index (χ2n) is 6.40. The summed E-state index contributed by atoms with van der Waals surface area (Å²) in [4.78, 5) is 36.3. The van der Waals surface area contributed by atoms with E-state index in [4.69, 9.17) is 4.74 Å². The Morgan fingerprint density at radius 2 is 1.83 bits per heavy atom. The summed E-state index contributed by atoms with van der Waals surface area (Å²) < 4.78 is 34.3. The fourth-order valence-corrected chi connectivity index (χ4v) is 3.39. The van der Waals surface area contributed by atoms with Crippen LogP contribution in [0.15, 0.2) is 35.7 Å². The van der Waals surface area contributed by atoms with E-state index in [1.807, 2.05) is 0 Å². The van der Waals surface area contributed by atoms with E-state index in [1.54, 1.807) is 23.6 Å². The van der Waals surface area contributed by atoms with Gasteiger partial charge in [0.15, 0.2) is 17.3 Å². The quantitative estimate of drug-likeness (QED) is 0.477. The molecule has 0 aliphatic carbocycles. The maximum Gasteiger partial charge on any atom is 0.387 e. The van der Waals surface area contributed by atoms with Crippen LogP contribution in [0.3, 0.4) is 0 Å². The Kier molecular flexibility index (Phi) is 9.40. The first-order valence-electron chi connectivity index (χ1n) is 9.36. The monoisotopic (exact) mass is 439 g/mol. The lowest BCUT2D eigenvalue weighted by atomic mass is 10.1. The van der Waals surface area contributed by atoms with Crippen LogP contribution >= 0.6 is 11.3 Å². The molecule has 0 aliphatic heterocycles. The number of Topliss-reactive ketones (excluding diaryl/α,β-unsaturated/α-hetero) is 2. The fraction of sp³-hybridized carbons (Fsp3) is 0.381. The van der Waals surface area contributed by atoms with Crippen LogP contribution in [-0.4, -0.2) is 37.7 Å².